The fourth-order valence-electron chi connectivity index (χ4n) is 3.26. The van der Waals surface area contributed by atoms with Gasteiger partial charge in [-0.3, -0.25) is 19.8 Å². The maximum absolute atomic E-state index is 12.7. The van der Waals surface area contributed by atoms with Crippen LogP contribution in [0.5, 0.6) is 0 Å². The molecule has 0 bridgehead atoms. The zero-order valence-electron chi connectivity index (χ0n) is 15.9. The largest absolute Gasteiger partial charge is 0.431 e. The molecule has 3 aromatic rings. The maximum Gasteiger partial charge on any atom is 0.302 e. The number of hydrogen-bond donors (Lipinski definition) is 1. The van der Waals surface area contributed by atoms with Gasteiger partial charge in [0.15, 0.2) is 5.69 Å². The van der Waals surface area contributed by atoms with Gasteiger partial charge >= 0.3 is 6.01 Å². The molecule has 3 heterocycles. The Morgan fingerprint density at radius 3 is 2.59 bits per heavy atom. The first-order valence-electron chi connectivity index (χ1n) is 9.55. The van der Waals surface area contributed by atoms with E-state index in [0.717, 1.165) is 26.1 Å². The number of thiophene rings is 1. The van der Waals surface area contributed by atoms with Crippen LogP contribution >= 0.6 is 11.3 Å². The average Bonchev–Trinajstić information content (AvgIpc) is 3.45. The van der Waals surface area contributed by atoms with Crippen LogP contribution in [0.1, 0.15) is 25.7 Å². The van der Waals surface area contributed by atoms with Gasteiger partial charge in [-0.15, -0.1) is 11.3 Å². The number of aromatic nitrogens is 1. The van der Waals surface area contributed by atoms with Crippen LogP contribution in [0.4, 0.5) is 6.01 Å². The fourth-order valence-corrected chi connectivity index (χ4v) is 3.88. The Balaban J connectivity index is 1.26. The first kappa shape index (κ1) is 19.4. The Morgan fingerprint density at radius 2 is 1.86 bits per heavy atom. The van der Waals surface area contributed by atoms with Gasteiger partial charge in [-0.2, -0.15) is 4.98 Å². The van der Waals surface area contributed by atoms with E-state index in [1.807, 2.05) is 11.4 Å². The summed E-state index contributed by atoms with van der Waals surface area (Å²) in [4.78, 5) is 33.6. The summed E-state index contributed by atoms with van der Waals surface area (Å²) in [6.45, 7) is 3.94. The molecule has 0 saturated carbocycles. The minimum atomic E-state index is -0.298. The molecule has 2 aromatic heterocycles. The van der Waals surface area contributed by atoms with Gasteiger partial charge in [-0.1, -0.05) is 36.4 Å². The second kappa shape index (κ2) is 9.02. The predicted molar refractivity (Wildman–Crippen MR) is 111 cm³/mol. The van der Waals surface area contributed by atoms with Gasteiger partial charge in [-0.25, -0.2) is 0 Å². The Bertz CT molecular complexity index is 947. The topological polar surface area (TPSA) is 78.7 Å². The predicted octanol–water partition coefficient (Wildman–Crippen LogP) is 2.99. The summed E-state index contributed by atoms with van der Waals surface area (Å²) in [5.41, 5.74) is 1.54. The van der Waals surface area contributed by atoms with Gasteiger partial charge in [0.05, 0.1) is 4.88 Å². The molecule has 1 N–H and O–H groups in total. The number of carbonyl (C=O) groups excluding carboxylic acids is 2. The van der Waals surface area contributed by atoms with Crippen molar-refractivity contribution in [3.05, 3.63) is 70.2 Å². The monoisotopic (exact) mass is 410 g/mol. The van der Waals surface area contributed by atoms with Crippen LogP contribution in [0, 0.1) is 0 Å². The zero-order chi connectivity index (χ0) is 20.1. The summed E-state index contributed by atoms with van der Waals surface area (Å²) in [5.74, 6) is -0.471. The lowest BCUT2D eigenvalue weighted by Gasteiger charge is -2.34. The average molecular weight is 410 g/mol. The van der Waals surface area contributed by atoms with Gasteiger partial charge in [0.1, 0.15) is 6.26 Å². The van der Waals surface area contributed by atoms with E-state index in [-0.39, 0.29) is 23.5 Å². The van der Waals surface area contributed by atoms with Crippen molar-refractivity contribution in [1.29, 1.82) is 0 Å². The number of amides is 2. The summed E-state index contributed by atoms with van der Waals surface area (Å²) in [6, 6.07) is 14.0. The smallest absolute Gasteiger partial charge is 0.302 e. The lowest BCUT2D eigenvalue weighted by atomic mass is 10.1. The third-order valence-corrected chi connectivity index (χ3v) is 5.78. The van der Waals surface area contributed by atoms with Crippen molar-refractivity contribution in [2.24, 2.45) is 0 Å². The van der Waals surface area contributed by atoms with Crippen LogP contribution in [-0.4, -0.2) is 59.3 Å². The molecule has 0 aliphatic carbocycles. The highest BCUT2D eigenvalue weighted by atomic mass is 32.1. The van der Waals surface area contributed by atoms with Crippen molar-refractivity contribution < 1.29 is 14.0 Å². The highest BCUT2D eigenvalue weighted by Gasteiger charge is 2.24. The minimum absolute atomic E-state index is 0.0354. The van der Waals surface area contributed by atoms with E-state index in [1.54, 1.807) is 17.0 Å². The summed E-state index contributed by atoms with van der Waals surface area (Å²) in [6.07, 6.45) is 2.31. The van der Waals surface area contributed by atoms with Gasteiger partial charge in [0.2, 0.25) is 0 Å². The van der Waals surface area contributed by atoms with Crippen LogP contribution in [0.2, 0.25) is 0 Å². The molecule has 1 fully saturated rings. The molecule has 0 unspecified atom stereocenters. The molecular weight excluding hydrogens is 388 g/mol. The normalized spacial score (nSPS) is 14.7. The lowest BCUT2D eigenvalue weighted by Crippen LogP contribution is -2.49. The third kappa shape index (κ3) is 4.90. The number of rotatable bonds is 6. The summed E-state index contributed by atoms with van der Waals surface area (Å²) in [7, 11) is 0. The second-order valence-electron chi connectivity index (χ2n) is 6.84. The number of benzene rings is 1. The molecule has 7 nitrogen and oxygen atoms in total. The van der Waals surface area contributed by atoms with Gasteiger partial charge in [0.25, 0.3) is 11.8 Å². The highest BCUT2D eigenvalue weighted by Crippen LogP contribution is 2.15. The number of anilines is 1. The first-order valence-corrected chi connectivity index (χ1v) is 10.4. The molecule has 1 aromatic carbocycles. The number of nitrogens with one attached hydrogen (secondary N) is 1. The summed E-state index contributed by atoms with van der Waals surface area (Å²) >= 11 is 1.33. The number of hydrogen-bond acceptors (Lipinski definition) is 6. The highest BCUT2D eigenvalue weighted by molar-refractivity contribution is 7.12. The van der Waals surface area contributed by atoms with E-state index < -0.39 is 0 Å². The van der Waals surface area contributed by atoms with Crippen molar-refractivity contribution in [3.8, 4) is 0 Å². The quantitative estimate of drug-likeness (QED) is 0.676. The Hall–Kier alpha value is -2.97. The number of carbonyl (C=O) groups is 2. The molecule has 0 spiro atoms. The lowest BCUT2D eigenvalue weighted by molar-refractivity contribution is 0.0632. The van der Waals surface area contributed by atoms with Crippen LogP contribution in [0.3, 0.4) is 0 Å². The van der Waals surface area contributed by atoms with Gasteiger partial charge in [-0.05, 0) is 23.4 Å². The molecule has 0 atom stereocenters. The van der Waals surface area contributed by atoms with E-state index in [1.165, 1.54) is 23.2 Å². The second-order valence-corrected chi connectivity index (χ2v) is 7.79. The molecule has 4 rings (SSSR count). The zero-order valence-corrected chi connectivity index (χ0v) is 16.7. The van der Waals surface area contributed by atoms with E-state index in [0.29, 0.717) is 18.0 Å². The number of piperazine rings is 1. The Labute approximate surface area is 173 Å². The van der Waals surface area contributed by atoms with Crippen LogP contribution in [0.15, 0.2) is 58.5 Å². The van der Waals surface area contributed by atoms with Crippen LogP contribution in [-0.2, 0) is 6.42 Å². The molecule has 0 radical (unpaired) electrons. The molecular formula is C21H22N4O3S. The van der Waals surface area contributed by atoms with E-state index in [2.05, 4.69) is 39.5 Å². The standard InChI is InChI=1S/C21H22N4O3S/c26-19(18-7-4-14-29-18)23-21-22-17(15-28-21)20(27)25-12-10-24(11-13-25)9-8-16-5-2-1-3-6-16/h1-7,14-15H,8-13H2,(H,22,23,26). The fraction of sp³-hybridized carbons (Fsp3) is 0.286. The maximum atomic E-state index is 12.7. The molecule has 1 saturated heterocycles. The van der Waals surface area contributed by atoms with Crippen molar-refractivity contribution in [1.82, 2.24) is 14.8 Å². The van der Waals surface area contributed by atoms with Gasteiger partial charge in [0, 0.05) is 32.7 Å². The SMILES string of the molecule is O=C(Nc1nc(C(=O)N2CCN(CCc3ccccc3)CC2)co1)c1cccs1. The Kier molecular flexibility index (Phi) is 6.02. The van der Waals surface area contributed by atoms with Crippen molar-refractivity contribution in [3.63, 3.8) is 0 Å². The van der Waals surface area contributed by atoms with E-state index in [4.69, 9.17) is 4.42 Å². The summed E-state index contributed by atoms with van der Waals surface area (Å²) in [5, 5.41) is 4.39. The summed E-state index contributed by atoms with van der Waals surface area (Å²) < 4.78 is 5.26. The van der Waals surface area contributed by atoms with E-state index in [9.17, 15) is 9.59 Å². The molecule has 29 heavy (non-hydrogen) atoms. The van der Waals surface area contributed by atoms with Crippen molar-refractivity contribution >= 4 is 29.2 Å². The van der Waals surface area contributed by atoms with E-state index >= 15 is 0 Å². The first-order chi connectivity index (χ1) is 14.2. The molecule has 2 amide bonds. The number of nitrogens with zero attached hydrogens (tertiary/aromatic N) is 3. The van der Waals surface area contributed by atoms with Crippen LogP contribution in [0.25, 0.3) is 0 Å². The third-order valence-electron chi connectivity index (χ3n) is 4.91. The Morgan fingerprint density at radius 1 is 1.07 bits per heavy atom. The minimum Gasteiger partial charge on any atom is -0.431 e. The molecule has 150 valence electrons. The van der Waals surface area contributed by atoms with Gasteiger partial charge < -0.3 is 9.32 Å². The van der Waals surface area contributed by atoms with Crippen molar-refractivity contribution in [2.45, 2.75) is 6.42 Å². The van der Waals surface area contributed by atoms with Crippen molar-refractivity contribution in [2.75, 3.05) is 38.0 Å². The van der Waals surface area contributed by atoms with Crippen LogP contribution < -0.4 is 5.32 Å². The molecule has 1 aliphatic heterocycles. The number of oxazole rings is 1. The molecule has 1 aliphatic rings. The molecule has 8 heteroatoms.